The lowest BCUT2D eigenvalue weighted by atomic mass is 10.1. The molecule has 1 aliphatic rings. The molecule has 0 saturated carbocycles. The Kier molecular flexibility index (Phi) is 2.35. The van der Waals surface area contributed by atoms with Crippen molar-refractivity contribution in [2.24, 2.45) is 5.92 Å². The minimum atomic E-state index is 0.700. The highest BCUT2D eigenvalue weighted by Crippen LogP contribution is 2.06. The molecule has 0 aromatic rings. The van der Waals surface area contributed by atoms with Gasteiger partial charge in [0.25, 0.3) is 0 Å². The van der Waals surface area contributed by atoms with Gasteiger partial charge in [-0.25, -0.2) is 0 Å². The first kappa shape index (κ1) is 6.38. The van der Waals surface area contributed by atoms with Crippen LogP contribution in [0.5, 0.6) is 0 Å². The van der Waals surface area contributed by atoms with Gasteiger partial charge < -0.3 is 0 Å². The van der Waals surface area contributed by atoms with Crippen molar-refractivity contribution in [3.63, 3.8) is 0 Å². The van der Waals surface area contributed by atoms with Crippen LogP contribution in [0.25, 0.3) is 0 Å². The molecule has 0 saturated heterocycles. The molecule has 0 spiro atoms. The van der Waals surface area contributed by atoms with E-state index in [4.69, 9.17) is 0 Å². The molecular weight excluding hydrogens is 108 g/mol. The van der Waals surface area contributed by atoms with Crippen molar-refractivity contribution in [1.82, 2.24) is 0 Å². The Morgan fingerprint density at radius 2 is 2.33 bits per heavy atom. The van der Waals surface area contributed by atoms with E-state index in [9.17, 15) is 0 Å². The summed E-state index contributed by atoms with van der Waals surface area (Å²) in [5.41, 5.74) is 3.12. The van der Waals surface area contributed by atoms with E-state index in [1.807, 2.05) is 0 Å². The highest BCUT2D eigenvalue weighted by atomic mass is 14.0. The van der Waals surface area contributed by atoms with Gasteiger partial charge in [0.1, 0.15) is 0 Å². The van der Waals surface area contributed by atoms with Gasteiger partial charge in [-0.3, -0.25) is 0 Å². The van der Waals surface area contributed by atoms with Crippen LogP contribution in [0.15, 0.2) is 30.0 Å². The van der Waals surface area contributed by atoms with Crippen LogP contribution in [0, 0.1) is 5.92 Å². The van der Waals surface area contributed by atoms with Crippen LogP contribution in [0.2, 0.25) is 0 Å². The first-order chi connectivity index (χ1) is 4.39. The van der Waals surface area contributed by atoms with Gasteiger partial charge >= 0.3 is 0 Å². The zero-order valence-corrected chi connectivity index (χ0v) is 5.80. The summed E-state index contributed by atoms with van der Waals surface area (Å²) in [5, 5.41) is 0. The van der Waals surface area contributed by atoms with Crippen molar-refractivity contribution < 1.29 is 0 Å². The van der Waals surface area contributed by atoms with Gasteiger partial charge in [-0.05, 0) is 30.9 Å². The molecule has 0 fully saturated rings. The largest absolute Gasteiger partial charge is 0.129 e. The van der Waals surface area contributed by atoms with Crippen LogP contribution < -0.4 is 0 Å². The van der Waals surface area contributed by atoms with E-state index >= 15 is 0 Å². The maximum Gasteiger partial charge on any atom is -0.00929 e. The minimum absolute atomic E-state index is 0.700. The first-order valence-electron chi connectivity index (χ1n) is 3.45. The van der Waals surface area contributed by atoms with Crippen molar-refractivity contribution in [2.75, 3.05) is 0 Å². The fourth-order valence-corrected chi connectivity index (χ4v) is 0.863. The quantitative estimate of drug-likeness (QED) is 0.340. The highest BCUT2D eigenvalue weighted by molar-refractivity contribution is 5.00. The van der Waals surface area contributed by atoms with Crippen molar-refractivity contribution in [3.05, 3.63) is 30.0 Å². The van der Waals surface area contributed by atoms with Gasteiger partial charge in [0.15, 0.2) is 0 Å². The second-order valence-electron chi connectivity index (χ2n) is 2.45. The second-order valence-corrected chi connectivity index (χ2v) is 2.45. The first-order valence-corrected chi connectivity index (χ1v) is 3.45. The number of hydrogen-bond acceptors (Lipinski definition) is 0. The van der Waals surface area contributed by atoms with Crippen LogP contribution in [-0.2, 0) is 0 Å². The van der Waals surface area contributed by atoms with E-state index in [2.05, 4.69) is 37.0 Å². The molecule has 0 aromatic heterocycles. The zero-order valence-electron chi connectivity index (χ0n) is 5.80. The summed E-state index contributed by atoms with van der Waals surface area (Å²) >= 11 is 0. The van der Waals surface area contributed by atoms with Crippen molar-refractivity contribution in [2.45, 2.75) is 19.8 Å². The molecule has 0 N–H and O–H groups in total. The van der Waals surface area contributed by atoms with Crippen LogP contribution in [0.1, 0.15) is 19.8 Å². The molecule has 0 heterocycles. The Morgan fingerprint density at radius 3 is 3.22 bits per heavy atom. The second kappa shape index (κ2) is 3.32. The van der Waals surface area contributed by atoms with E-state index in [0.29, 0.717) is 5.92 Å². The maximum absolute atomic E-state index is 3.12. The van der Waals surface area contributed by atoms with Gasteiger partial charge in [0.05, 0.1) is 0 Å². The molecule has 1 atom stereocenters. The van der Waals surface area contributed by atoms with Crippen molar-refractivity contribution in [1.29, 1.82) is 0 Å². The van der Waals surface area contributed by atoms with Gasteiger partial charge in [-0.15, -0.1) is 5.73 Å². The monoisotopic (exact) mass is 120 g/mol. The van der Waals surface area contributed by atoms with Gasteiger partial charge in [0, 0.05) is 0 Å². The number of hydrogen-bond donors (Lipinski definition) is 0. The summed E-state index contributed by atoms with van der Waals surface area (Å²) in [4.78, 5) is 0. The van der Waals surface area contributed by atoms with Crippen LogP contribution in [0.4, 0.5) is 0 Å². The Labute approximate surface area is 56.6 Å². The third kappa shape index (κ3) is 2.34. The summed E-state index contributed by atoms with van der Waals surface area (Å²) in [7, 11) is 0. The predicted molar refractivity (Wildman–Crippen MR) is 40.2 cm³/mol. The fraction of sp³-hybridized carbons (Fsp3) is 0.444. The van der Waals surface area contributed by atoms with E-state index in [1.165, 1.54) is 0 Å². The molecule has 0 heteroatoms. The summed E-state index contributed by atoms with van der Waals surface area (Å²) in [6, 6.07) is 0. The zero-order chi connectivity index (χ0) is 6.53. The normalized spacial score (nSPS) is 25.7. The van der Waals surface area contributed by atoms with Crippen molar-refractivity contribution >= 4 is 0 Å². The van der Waals surface area contributed by atoms with Gasteiger partial charge in [0.2, 0.25) is 0 Å². The molecule has 0 aromatic carbocycles. The molecular formula is C9H12. The average molecular weight is 120 g/mol. The predicted octanol–water partition coefficient (Wildman–Crippen LogP) is 2.68. The maximum atomic E-state index is 3.12. The van der Waals surface area contributed by atoms with Gasteiger partial charge in [-0.1, -0.05) is 19.1 Å². The SMILES string of the molecule is CC1C=CCC=C=CC1. The molecule has 0 radical (unpaired) electrons. The molecule has 48 valence electrons. The lowest BCUT2D eigenvalue weighted by Gasteiger charge is -1.99. The molecule has 0 amide bonds. The minimum Gasteiger partial charge on any atom is -0.129 e. The molecule has 0 aliphatic heterocycles. The van der Waals surface area contributed by atoms with E-state index in [-0.39, 0.29) is 0 Å². The highest BCUT2D eigenvalue weighted by Gasteiger charge is 1.91. The average Bonchev–Trinajstić information content (AvgIpc) is 1.79. The molecule has 9 heavy (non-hydrogen) atoms. The smallest absolute Gasteiger partial charge is 0.00929 e. The third-order valence-corrected chi connectivity index (χ3v) is 1.44. The van der Waals surface area contributed by atoms with Crippen LogP contribution in [0.3, 0.4) is 0 Å². The molecule has 1 rings (SSSR count). The Morgan fingerprint density at radius 1 is 1.44 bits per heavy atom. The van der Waals surface area contributed by atoms with Crippen LogP contribution in [-0.4, -0.2) is 0 Å². The lowest BCUT2D eigenvalue weighted by Crippen LogP contribution is -1.85. The van der Waals surface area contributed by atoms with E-state index in [1.54, 1.807) is 0 Å². The standard InChI is InChI=1S/C9H12/c1-9-7-5-3-2-4-6-8-9/h2,5-7,9H,3,8H2,1H3. The summed E-state index contributed by atoms with van der Waals surface area (Å²) in [5.74, 6) is 0.700. The number of rotatable bonds is 0. The Bertz CT molecular complexity index is 157. The van der Waals surface area contributed by atoms with Crippen LogP contribution >= 0.6 is 0 Å². The van der Waals surface area contributed by atoms with E-state index in [0.717, 1.165) is 12.8 Å². The number of allylic oxidation sites excluding steroid dienone is 3. The van der Waals surface area contributed by atoms with Gasteiger partial charge in [-0.2, -0.15) is 0 Å². The Hall–Kier alpha value is -0.740. The van der Waals surface area contributed by atoms with E-state index < -0.39 is 0 Å². The molecule has 0 bridgehead atoms. The molecule has 0 nitrogen and oxygen atoms in total. The molecule has 1 aliphatic carbocycles. The molecule has 1 unspecified atom stereocenters. The lowest BCUT2D eigenvalue weighted by molar-refractivity contribution is 0.740. The summed E-state index contributed by atoms with van der Waals surface area (Å²) in [6.07, 6.45) is 10.8. The summed E-state index contributed by atoms with van der Waals surface area (Å²) < 4.78 is 0. The topological polar surface area (TPSA) is 0 Å². The van der Waals surface area contributed by atoms with Crippen molar-refractivity contribution in [3.8, 4) is 0 Å². The summed E-state index contributed by atoms with van der Waals surface area (Å²) in [6.45, 7) is 2.22. The third-order valence-electron chi connectivity index (χ3n) is 1.44. The fourth-order valence-electron chi connectivity index (χ4n) is 0.863. The Balaban J connectivity index is 2.59.